The van der Waals surface area contributed by atoms with Crippen LogP contribution in [-0.4, -0.2) is 50.0 Å². The molecule has 40 heavy (non-hydrogen) atoms. The molecular formula is C31H38FN3O4S. The van der Waals surface area contributed by atoms with Crippen LogP contribution in [0.3, 0.4) is 0 Å². The molecule has 7 nitrogen and oxygen atoms in total. The van der Waals surface area contributed by atoms with E-state index in [9.17, 15) is 22.4 Å². The molecule has 0 aromatic heterocycles. The van der Waals surface area contributed by atoms with Gasteiger partial charge < -0.3 is 10.2 Å². The lowest BCUT2D eigenvalue weighted by atomic mass is 10.0. The van der Waals surface area contributed by atoms with Crippen molar-refractivity contribution in [3.05, 3.63) is 101 Å². The molecule has 3 rings (SSSR count). The number of benzene rings is 3. The summed E-state index contributed by atoms with van der Waals surface area (Å²) in [6.07, 6.45) is 1.28. The second-order valence-electron chi connectivity index (χ2n) is 10.5. The number of nitrogens with one attached hydrogen (secondary N) is 1. The Bertz CT molecular complexity index is 1390. The first kappa shape index (κ1) is 30.8. The number of anilines is 1. The van der Waals surface area contributed by atoms with E-state index in [0.717, 1.165) is 21.7 Å². The molecule has 0 radical (unpaired) electrons. The van der Waals surface area contributed by atoms with E-state index in [0.29, 0.717) is 11.3 Å². The molecule has 2 amide bonds. The van der Waals surface area contributed by atoms with Crippen molar-refractivity contribution in [2.45, 2.75) is 58.7 Å². The Morgan fingerprint density at radius 2 is 1.45 bits per heavy atom. The highest BCUT2D eigenvalue weighted by atomic mass is 32.2. The van der Waals surface area contributed by atoms with Crippen molar-refractivity contribution in [2.24, 2.45) is 0 Å². The van der Waals surface area contributed by atoms with Gasteiger partial charge in [0.25, 0.3) is 0 Å². The zero-order valence-corrected chi connectivity index (χ0v) is 24.5. The maximum atomic E-state index is 14.1. The van der Waals surface area contributed by atoms with Crippen LogP contribution in [0.1, 0.15) is 50.3 Å². The standard InChI is InChI=1S/C31H38FN3O4S/c1-22(2)27-13-9-10-14-28(27)35(40(5,38)39)21-30(36)34(20-25-15-17-26(32)18-16-25)29(31(37)33-23(3)4)19-24-11-7-6-8-12-24/h6-18,22-23,29H,19-21H2,1-5H3,(H,33,37)/t29-/m0/s1. The second kappa shape index (κ2) is 13.6. The summed E-state index contributed by atoms with van der Waals surface area (Å²) < 4.78 is 40.8. The summed E-state index contributed by atoms with van der Waals surface area (Å²) >= 11 is 0. The van der Waals surface area contributed by atoms with Crippen LogP contribution in [-0.2, 0) is 32.6 Å². The van der Waals surface area contributed by atoms with Gasteiger partial charge in [-0.2, -0.15) is 0 Å². The molecule has 3 aromatic rings. The van der Waals surface area contributed by atoms with Gasteiger partial charge in [0.15, 0.2) is 0 Å². The quantitative estimate of drug-likeness (QED) is 0.338. The van der Waals surface area contributed by atoms with Gasteiger partial charge in [-0.05, 0) is 54.7 Å². The van der Waals surface area contributed by atoms with Gasteiger partial charge in [-0.15, -0.1) is 0 Å². The molecule has 0 aliphatic rings. The van der Waals surface area contributed by atoms with Gasteiger partial charge in [0.1, 0.15) is 18.4 Å². The van der Waals surface area contributed by atoms with E-state index in [1.54, 1.807) is 24.3 Å². The molecule has 0 saturated heterocycles. The van der Waals surface area contributed by atoms with Crippen molar-refractivity contribution in [2.75, 3.05) is 17.1 Å². The van der Waals surface area contributed by atoms with Crippen molar-refractivity contribution < 1.29 is 22.4 Å². The predicted octanol–water partition coefficient (Wildman–Crippen LogP) is 4.88. The fourth-order valence-corrected chi connectivity index (χ4v) is 5.39. The van der Waals surface area contributed by atoms with E-state index >= 15 is 0 Å². The van der Waals surface area contributed by atoms with Gasteiger partial charge in [0, 0.05) is 19.0 Å². The third kappa shape index (κ3) is 8.39. The Labute approximate surface area is 237 Å². The topological polar surface area (TPSA) is 86.8 Å². The number of carbonyl (C=O) groups is 2. The number of sulfonamides is 1. The lowest BCUT2D eigenvalue weighted by Gasteiger charge is -2.34. The van der Waals surface area contributed by atoms with Crippen LogP contribution in [0.25, 0.3) is 0 Å². The monoisotopic (exact) mass is 567 g/mol. The van der Waals surface area contributed by atoms with Crippen LogP contribution in [0.15, 0.2) is 78.9 Å². The first-order valence-corrected chi connectivity index (χ1v) is 15.2. The smallest absolute Gasteiger partial charge is 0.244 e. The maximum absolute atomic E-state index is 14.1. The van der Waals surface area contributed by atoms with Crippen molar-refractivity contribution in [1.82, 2.24) is 10.2 Å². The van der Waals surface area contributed by atoms with Gasteiger partial charge >= 0.3 is 0 Å². The van der Waals surface area contributed by atoms with Crippen LogP contribution < -0.4 is 9.62 Å². The minimum absolute atomic E-state index is 0.00789. The van der Waals surface area contributed by atoms with Crippen molar-refractivity contribution in [1.29, 1.82) is 0 Å². The molecule has 0 heterocycles. The summed E-state index contributed by atoms with van der Waals surface area (Å²) in [5.41, 5.74) is 2.65. The highest BCUT2D eigenvalue weighted by Gasteiger charge is 2.33. The molecule has 1 N–H and O–H groups in total. The van der Waals surface area contributed by atoms with Gasteiger partial charge in [-0.1, -0.05) is 74.5 Å². The molecule has 0 aliphatic heterocycles. The number of carbonyl (C=O) groups excluding carboxylic acids is 2. The summed E-state index contributed by atoms with van der Waals surface area (Å²) in [6, 6.07) is 21.0. The molecule has 1 atom stereocenters. The van der Waals surface area contributed by atoms with E-state index in [2.05, 4.69) is 5.32 Å². The minimum atomic E-state index is -3.87. The average molecular weight is 568 g/mol. The third-order valence-electron chi connectivity index (χ3n) is 6.47. The van der Waals surface area contributed by atoms with Crippen LogP contribution in [0.5, 0.6) is 0 Å². The van der Waals surface area contributed by atoms with E-state index in [4.69, 9.17) is 0 Å². The predicted molar refractivity (Wildman–Crippen MR) is 157 cm³/mol. The molecule has 3 aromatic carbocycles. The van der Waals surface area contributed by atoms with Crippen LogP contribution in [0.2, 0.25) is 0 Å². The number of hydrogen-bond acceptors (Lipinski definition) is 4. The lowest BCUT2D eigenvalue weighted by Crippen LogP contribution is -2.54. The van der Waals surface area contributed by atoms with Crippen LogP contribution >= 0.6 is 0 Å². The van der Waals surface area contributed by atoms with Gasteiger partial charge in [0.05, 0.1) is 11.9 Å². The zero-order chi connectivity index (χ0) is 29.4. The Morgan fingerprint density at radius 1 is 0.850 bits per heavy atom. The fourth-order valence-electron chi connectivity index (χ4n) is 4.52. The highest BCUT2D eigenvalue weighted by Crippen LogP contribution is 2.29. The van der Waals surface area contributed by atoms with E-state index in [-0.39, 0.29) is 30.8 Å². The molecule has 0 unspecified atom stereocenters. The fraction of sp³-hybridized carbons (Fsp3) is 0.355. The third-order valence-corrected chi connectivity index (χ3v) is 7.60. The lowest BCUT2D eigenvalue weighted by molar-refractivity contribution is -0.140. The summed E-state index contributed by atoms with van der Waals surface area (Å²) in [5, 5.41) is 2.91. The molecular weight excluding hydrogens is 529 g/mol. The Morgan fingerprint density at radius 3 is 2.02 bits per heavy atom. The minimum Gasteiger partial charge on any atom is -0.352 e. The first-order valence-electron chi connectivity index (χ1n) is 13.3. The summed E-state index contributed by atoms with van der Waals surface area (Å²) in [5.74, 6) is -1.32. The van der Waals surface area contributed by atoms with Gasteiger partial charge in [-0.3, -0.25) is 13.9 Å². The Balaban J connectivity index is 2.09. The van der Waals surface area contributed by atoms with Crippen LogP contribution in [0, 0.1) is 5.82 Å². The van der Waals surface area contributed by atoms with Gasteiger partial charge in [0.2, 0.25) is 21.8 Å². The number of para-hydroxylation sites is 1. The molecule has 0 spiro atoms. The van der Waals surface area contributed by atoms with E-state index in [1.165, 1.54) is 17.0 Å². The SMILES string of the molecule is CC(C)NC(=O)[C@H](Cc1ccccc1)N(Cc1ccc(F)cc1)C(=O)CN(c1ccccc1C(C)C)S(C)(=O)=O. The van der Waals surface area contributed by atoms with E-state index < -0.39 is 34.3 Å². The summed E-state index contributed by atoms with van der Waals surface area (Å²) in [4.78, 5) is 29.1. The first-order chi connectivity index (χ1) is 18.9. The number of hydrogen-bond donors (Lipinski definition) is 1. The molecule has 0 aliphatic carbocycles. The van der Waals surface area contributed by atoms with Crippen molar-refractivity contribution in [3.8, 4) is 0 Å². The normalized spacial score (nSPS) is 12.3. The van der Waals surface area contributed by atoms with Gasteiger partial charge in [-0.25, -0.2) is 12.8 Å². The number of halogens is 1. The number of rotatable bonds is 12. The highest BCUT2D eigenvalue weighted by molar-refractivity contribution is 7.92. The van der Waals surface area contributed by atoms with Crippen LogP contribution in [0.4, 0.5) is 10.1 Å². The molecule has 0 saturated carbocycles. The Hall–Kier alpha value is -3.72. The molecule has 0 fully saturated rings. The maximum Gasteiger partial charge on any atom is 0.244 e. The summed E-state index contributed by atoms with van der Waals surface area (Å²) in [6.45, 7) is 7.06. The second-order valence-corrected chi connectivity index (χ2v) is 12.4. The molecule has 214 valence electrons. The largest absolute Gasteiger partial charge is 0.352 e. The zero-order valence-electron chi connectivity index (χ0n) is 23.7. The van der Waals surface area contributed by atoms with Crippen molar-refractivity contribution >= 4 is 27.5 Å². The number of amides is 2. The summed E-state index contributed by atoms with van der Waals surface area (Å²) in [7, 11) is -3.87. The Kier molecular flexibility index (Phi) is 10.5. The molecule has 0 bridgehead atoms. The van der Waals surface area contributed by atoms with E-state index in [1.807, 2.05) is 70.2 Å². The molecule has 9 heteroatoms. The number of nitrogens with zero attached hydrogens (tertiary/aromatic N) is 2. The van der Waals surface area contributed by atoms with Crippen molar-refractivity contribution in [3.63, 3.8) is 0 Å². The average Bonchev–Trinajstić information content (AvgIpc) is 2.89.